The van der Waals surface area contributed by atoms with Crippen molar-refractivity contribution in [1.82, 2.24) is 10.4 Å². The van der Waals surface area contributed by atoms with Crippen LogP contribution in [0.4, 0.5) is 0 Å². The van der Waals surface area contributed by atoms with E-state index >= 15 is 0 Å². The fourth-order valence-electron chi connectivity index (χ4n) is 6.66. The number of carbonyl (C=O) groups is 2. The monoisotopic (exact) mass is 718 g/mol. The number of halogens is 1. The SMILES string of the molecule is C=C1c2ccccc2[C@@H](C(=O)NOCc2cccc(OCC(=O)OC(C)(C)C)c2)[C@H](c2ccc(Cl)cc2)N1[C@H]1CCCC[C@@H]1C#CS(C)(=O)=O. The number of nitrogens with zero attached hydrogens (tertiary/aromatic N) is 1. The minimum atomic E-state index is -3.51. The van der Waals surface area contributed by atoms with Crippen molar-refractivity contribution in [1.29, 1.82) is 0 Å². The number of esters is 1. The number of hydrogen-bond donors (Lipinski definition) is 1. The van der Waals surface area contributed by atoms with Gasteiger partial charge in [-0.1, -0.05) is 85.5 Å². The number of benzene rings is 3. The largest absolute Gasteiger partial charge is 0.482 e. The first-order valence-electron chi connectivity index (χ1n) is 16.6. The van der Waals surface area contributed by atoms with Gasteiger partial charge in [-0.25, -0.2) is 18.7 Å². The number of ether oxygens (including phenoxy) is 2. The summed E-state index contributed by atoms with van der Waals surface area (Å²) in [5.74, 6) is 1.70. The lowest BCUT2D eigenvalue weighted by molar-refractivity contribution is -0.157. The molecular weight excluding hydrogens is 676 g/mol. The number of rotatable bonds is 9. The summed E-state index contributed by atoms with van der Waals surface area (Å²) < 4.78 is 35.1. The number of sulfone groups is 1. The van der Waals surface area contributed by atoms with Gasteiger partial charge in [0.2, 0.25) is 9.84 Å². The lowest BCUT2D eigenvalue weighted by Crippen LogP contribution is -2.49. The van der Waals surface area contributed by atoms with Crippen molar-refractivity contribution in [2.75, 3.05) is 12.9 Å². The van der Waals surface area contributed by atoms with Crippen LogP contribution in [0.2, 0.25) is 5.02 Å². The molecule has 1 amide bonds. The Hall–Kier alpha value is -4.30. The molecule has 0 aromatic heterocycles. The van der Waals surface area contributed by atoms with Crippen molar-refractivity contribution < 1.29 is 32.3 Å². The molecule has 5 rings (SSSR count). The first kappa shape index (κ1) is 37.0. The van der Waals surface area contributed by atoms with E-state index in [9.17, 15) is 18.0 Å². The molecule has 1 fully saturated rings. The van der Waals surface area contributed by atoms with Crippen LogP contribution in [-0.2, 0) is 35.6 Å². The topological polar surface area (TPSA) is 111 Å². The van der Waals surface area contributed by atoms with Crippen molar-refractivity contribution in [2.45, 2.75) is 76.7 Å². The van der Waals surface area contributed by atoms with Gasteiger partial charge in [-0.15, -0.1) is 0 Å². The molecule has 0 bridgehead atoms. The normalized spacial score (nSPS) is 20.6. The van der Waals surface area contributed by atoms with Crippen molar-refractivity contribution in [2.24, 2.45) is 5.92 Å². The molecule has 1 saturated carbocycles. The minimum Gasteiger partial charge on any atom is -0.482 e. The molecule has 0 saturated heterocycles. The molecule has 3 aromatic rings. The maximum atomic E-state index is 14.3. The van der Waals surface area contributed by atoms with E-state index < -0.39 is 33.4 Å². The van der Waals surface area contributed by atoms with Crippen LogP contribution in [-0.4, -0.2) is 49.7 Å². The summed E-state index contributed by atoms with van der Waals surface area (Å²) >= 11 is 6.31. The van der Waals surface area contributed by atoms with Crippen LogP contribution in [0, 0.1) is 17.1 Å². The molecule has 1 N–H and O–H groups in total. The van der Waals surface area contributed by atoms with E-state index in [4.69, 9.17) is 25.9 Å². The summed E-state index contributed by atoms with van der Waals surface area (Å²) in [4.78, 5) is 34.4. The second-order valence-electron chi connectivity index (χ2n) is 13.7. The predicted octanol–water partition coefficient (Wildman–Crippen LogP) is 6.98. The highest BCUT2D eigenvalue weighted by molar-refractivity contribution is 7.95. The van der Waals surface area contributed by atoms with Gasteiger partial charge in [0.15, 0.2) is 6.61 Å². The third-order valence-corrected chi connectivity index (χ3v) is 9.37. The molecular formula is C39H43ClN2O7S. The molecule has 0 spiro atoms. The smallest absolute Gasteiger partial charge is 0.344 e. The lowest BCUT2D eigenvalue weighted by atomic mass is 9.74. The first-order valence-corrected chi connectivity index (χ1v) is 18.9. The van der Waals surface area contributed by atoms with Gasteiger partial charge in [-0.2, -0.15) is 0 Å². The van der Waals surface area contributed by atoms with Crippen molar-refractivity contribution in [3.05, 3.63) is 107 Å². The Morgan fingerprint density at radius 3 is 2.46 bits per heavy atom. The predicted molar refractivity (Wildman–Crippen MR) is 193 cm³/mol. The summed E-state index contributed by atoms with van der Waals surface area (Å²) in [7, 11) is -3.51. The quantitative estimate of drug-likeness (QED) is 0.109. The summed E-state index contributed by atoms with van der Waals surface area (Å²) in [6.07, 6.45) is 4.45. The van der Waals surface area contributed by atoms with Crippen molar-refractivity contribution in [3.63, 3.8) is 0 Å². The van der Waals surface area contributed by atoms with Gasteiger partial charge < -0.3 is 14.4 Å². The highest BCUT2D eigenvalue weighted by Gasteiger charge is 2.46. The number of hydrogen-bond acceptors (Lipinski definition) is 8. The molecule has 4 atom stereocenters. The van der Waals surface area contributed by atoms with Gasteiger partial charge in [0.05, 0.1) is 24.8 Å². The Bertz CT molecular complexity index is 1890. The van der Waals surface area contributed by atoms with Gasteiger partial charge in [0.25, 0.3) is 5.91 Å². The van der Waals surface area contributed by atoms with Crippen LogP contribution in [0.5, 0.6) is 5.75 Å². The van der Waals surface area contributed by atoms with Crippen molar-refractivity contribution >= 4 is 39.0 Å². The molecule has 3 aromatic carbocycles. The molecule has 264 valence electrons. The van der Waals surface area contributed by atoms with Gasteiger partial charge in [0.1, 0.15) is 11.4 Å². The zero-order valence-electron chi connectivity index (χ0n) is 28.8. The number of nitrogens with one attached hydrogen (secondary N) is 1. The fraction of sp³-hybridized carbons (Fsp3) is 0.385. The van der Waals surface area contributed by atoms with E-state index in [1.807, 2.05) is 42.5 Å². The summed E-state index contributed by atoms with van der Waals surface area (Å²) in [5.41, 5.74) is 6.01. The zero-order chi connectivity index (χ0) is 36.1. The summed E-state index contributed by atoms with van der Waals surface area (Å²) in [6.45, 7) is 9.69. The average Bonchev–Trinajstić information content (AvgIpc) is 3.06. The molecule has 9 nitrogen and oxygen atoms in total. The Labute approximate surface area is 299 Å². The number of carbonyl (C=O) groups excluding carboxylic acids is 2. The highest BCUT2D eigenvalue weighted by Crippen LogP contribution is 2.50. The molecule has 50 heavy (non-hydrogen) atoms. The molecule has 1 aliphatic heterocycles. The van der Waals surface area contributed by atoms with Gasteiger partial charge in [-0.3, -0.25) is 9.63 Å². The summed E-state index contributed by atoms with van der Waals surface area (Å²) in [5, 5.41) is 3.04. The van der Waals surface area contributed by atoms with E-state index in [1.165, 1.54) is 0 Å². The Morgan fingerprint density at radius 2 is 1.74 bits per heavy atom. The van der Waals surface area contributed by atoms with Crippen LogP contribution in [0.15, 0.2) is 79.4 Å². The van der Waals surface area contributed by atoms with E-state index in [0.717, 1.165) is 59.9 Å². The highest BCUT2D eigenvalue weighted by atomic mass is 35.5. The molecule has 1 heterocycles. The first-order chi connectivity index (χ1) is 23.7. The van der Waals surface area contributed by atoms with E-state index in [1.54, 1.807) is 51.1 Å². The van der Waals surface area contributed by atoms with Crippen LogP contribution >= 0.6 is 11.6 Å². The zero-order valence-corrected chi connectivity index (χ0v) is 30.4. The van der Waals surface area contributed by atoms with Crippen LogP contribution in [0.1, 0.15) is 80.7 Å². The average molecular weight is 719 g/mol. The molecule has 0 radical (unpaired) electrons. The van der Waals surface area contributed by atoms with E-state index in [-0.39, 0.29) is 31.1 Å². The Kier molecular flexibility index (Phi) is 11.6. The lowest BCUT2D eigenvalue weighted by Gasteiger charge is -2.50. The van der Waals surface area contributed by atoms with Gasteiger partial charge in [0, 0.05) is 33.5 Å². The molecule has 2 aliphatic rings. The number of fused-ring (bicyclic) bond motifs is 1. The maximum Gasteiger partial charge on any atom is 0.344 e. The second-order valence-corrected chi connectivity index (χ2v) is 15.9. The Morgan fingerprint density at radius 1 is 1.02 bits per heavy atom. The minimum absolute atomic E-state index is 0.0392. The standard InChI is InChI=1S/C39H43ClN2O7S/c1-26-32-14-7-8-15-33(32)36(38(44)41-48-24-27-11-10-13-31(23-27)47-25-35(43)49-39(2,3)4)37(29-17-19-30(40)20-18-29)42(26)34-16-9-6-12-28(34)21-22-50(5,45)46/h7-8,10-11,13-15,17-20,23,28,34,36-37H,1,6,9,12,16,24-25H2,2-5H3,(H,41,44)/t28-,34+,36-,37+/m1/s1. The van der Waals surface area contributed by atoms with E-state index in [2.05, 4.69) is 28.1 Å². The maximum absolute atomic E-state index is 14.3. The van der Waals surface area contributed by atoms with Crippen LogP contribution < -0.4 is 10.2 Å². The fourth-order valence-corrected chi connectivity index (χ4v) is 7.15. The molecule has 0 unspecified atom stereocenters. The second kappa shape index (κ2) is 15.7. The van der Waals surface area contributed by atoms with E-state index in [0.29, 0.717) is 10.8 Å². The van der Waals surface area contributed by atoms with Crippen LogP contribution in [0.25, 0.3) is 5.70 Å². The number of hydroxylamine groups is 1. The van der Waals surface area contributed by atoms with Gasteiger partial charge in [-0.05, 0) is 74.6 Å². The van der Waals surface area contributed by atoms with Gasteiger partial charge >= 0.3 is 5.97 Å². The third-order valence-electron chi connectivity index (χ3n) is 8.63. The van der Waals surface area contributed by atoms with Crippen LogP contribution in [0.3, 0.4) is 0 Å². The van der Waals surface area contributed by atoms with Crippen molar-refractivity contribution in [3.8, 4) is 16.9 Å². The number of amides is 1. The molecule has 1 aliphatic carbocycles. The Balaban J connectivity index is 1.42. The molecule has 11 heteroatoms. The summed E-state index contributed by atoms with van der Waals surface area (Å²) in [6, 6.07) is 21.4. The third kappa shape index (κ3) is 9.48.